The summed E-state index contributed by atoms with van der Waals surface area (Å²) >= 11 is 1.56. The average molecular weight is 349 g/mol. The fourth-order valence-electron chi connectivity index (χ4n) is 2.39. The van der Waals surface area contributed by atoms with E-state index in [1.165, 1.54) is 6.07 Å². The van der Waals surface area contributed by atoms with Gasteiger partial charge in [0.25, 0.3) is 0 Å². The molecule has 0 fully saturated rings. The number of rotatable bonds is 7. The van der Waals surface area contributed by atoms with Crippen LogP contribution in [0.5, 0.6) is 0 Å². The quantitative estimate of drug-likeness (QED) is 0.748. The van der Waals surface area contributed by atoms with Gasteiger partial charge in [0.15, 0.2) is 5.78 Å². The van der Waals surface area contributed by atoms with Crippen molar-refractivity contribution in [1.29, 1.82) is 0 Å². The van der Waals surface area contributed by atoms with Gasteiger partial charge in [-0.15, -0.1) is 11.3 Å². The van der Waals surface area contributed by atoms with E-state index in [1.54, 1.807) is 18.3 Å². The normalized spacial score (nSPS) is 10.6. The number of carboxylic acid groups (broad SMARTS) is 1. The number of carboxylic acids is 1. The minimum atomic E-state index is -1.07. The van der Waals surface area contributed by atoms with Gasteiger partial charge < -0.3 is 14.8 Å². The van der Waals surface area contributed by atoms with Crippen LogP contribution in [0.15, 0.2) is 16.5 Å². The van der Waals surface area contributed by atoms with E-state index >= 15 is 0 Å². The second-order valence-corrected chi connectivity index (χ2v) is 6.97. The lowest BCUT2D eigenvalue weighted by atomic mass is 10.1. The largest absolute Gasteiger partial charge is 0.478 e. The highest BCUT2D eigenvalue weighted by molar-refractivity contribution is 7.12. The lowest BCUT2D eigenvalue weighted by Gasteiger charge is -2.03. The zero-order valence-corrected chi connectivity index (χ0v) is 14.6. The van der Waals surface area contributed by atoms with Crippen LogP contribution in [0, 0.1) is 20.8 Å². The monoisotopic (exact) mass is 349 g/mol. The van der Waals surface area contributed by atoms with Crippen LogP contribution in [0.3, 0.4) is 0 Å². The maximum Gasteiger partial charge on any atom is 0.339 e. The van der Waals surface area contributed by atoms with Crippen molar-refractivity contribution in [3.8, 4) is 0 Å². The molecule has 2 rings (SSSR count). The van der Waals surface area contributed by atoms with E-state index in [0.29, 0.717) is 17.1 Å². The van der Waals surface area contributed by atoms with Crippen molar-refractivity contribution in [1.82, 2.24) is 5.32 Å². The molecule has 0 bridgehead atoms. The number of hydrogen-bond acceptors (Lipinski definition) is 5. The number of carbonyl (C=O) groups is 3. The first-order valence-corrected chi connectivity index (χ1v) is 8.29. The highest BCUT2D eigenvalue weighted by Crippen LogP contribution is 2.22. The second-order valence-electron chi connectivity index (χ2n) is 5.51. The van der Waals surface area contributed by atoms with E-state index < -0.39 is 5.97 Å². The van der Waals surface area contributed by atoms with E-state index in [1.807, 2.05) is 19.9 Å². The molecule has 0 atom stereocenters. The molecule has 2 aromatic heterocycles. The summed E-state index contributed by atoms with van der Waals surface area (Å²) in [6.07, 6.45) is 0.221. The molecular weight excluding hydrogens is 330 g/mol. The molecule has 0 aliphatic rings. The third-order valence-electron chi connectivity index (χ3n) is 3.58. The van der Waals surface area contributed by atoms with Gasteiger partial charge in [0.05, 0.1) is 6.54 Å². The van der Waals surface area contributed by atoms with Crippen LogP contribution in [-0.2, 0) is 11.3 Å². The topological polar surface area (TPSA) is 96.6 Å². The van der Waals surface area contributed by atoms with Crippen LogP contribution in [0.2, 0.25) is 0 Å². The van der Waals surface area contributed by atoms with Gasteiger partial charge in [0.2, 0.25) is 5.91 Å². The van der Waals surface area contributed by atoms with Gasteiger partial charge in [-0.05, 0) is 32.9 Å². The molecule has 2 N–H and O–H groups in total. The van der Waals surface area contributed by atoms with E-state index in [-0.39, 0.29) is 36.6 Å². The Bertz CT molecular complexity index is 787. The Labute approximate surface area is 143 Å². The molecule has 24 heavy (non-hydrogen) atoms. The first-order valence-electron chi connectivity index (χ1n) is 7.47. The fourth-order valence-corrected chi connectivity index (χ4v) is 3.33. The number of Topliss-reactive ketones (excluding diaryl/α,β-unsaturated/α-hetero) is 1. The van der Waals surface area contributed by atoms with E-state index in [9.17, 15) is 14.4 Å². The minimum absolute atomic E-state index is 0.0472. The Morgan fingerprint density at radius 1 is 1.12 bits per heavy atom. The molecular formula is C17H19NO5S. The molecule has 0 spiro atoms. The second kappa shape index (κ2) is 7.44. The molecule has 0 saturated carbocycles. The third kappa shape index (κ3) is 4.32. The van der Waals surface area contributed by atoms with Gasteiger partial charge in [-0.2, -0.15) is 0 Å². The number of thiophene rings is 1. The summed E-state index contributed by atoms with van der Waals surface area (Å²) in [4.78, 5) is 36.9. The lowest BCUT2D eigenvalue weighted by Crippen LogP contribution is -2.23. The molecule has 0 radical (unpaired) electrons. The Morgan fingerprint density at radius 3 is 2.38 bits per heavy atom. The van der Waals surface area contributed by atoms with Crippen LogP contribution >= 0.6 is 11.3 Å². The standard InChI is InChI=1S/C17H19NO5S/c1-9-6-14(11(3)24-9)15(19)4-5-16(20)18-8-12-7-13(17(21)22)10(2)23-12/h6-7H,4-5,8H2,1-3H3,(H,18,20)(H,21,22). The van der Waals surface area contributed by atoms with Gasteiger partial charge >= 0.3 is 5.97 Å². The van der Waals surface area contributed by atoms with E-state index in [2.05, 4.69) is 5.32 Å². The van der Waals surface area contributed by atoms with Crippen molar-refractivity contribution in [3.05, 3.63) is 44.5 Å². The van der Waals surface area contributed by atoms with E-state index in [0.717, 1.165) is 9.75 Å². The van der Waals surface area contributed by atoms with Gasteiger partial charge in [0, 0.05) is 28.2 Å². The number of ketones is 1. The molecule has 0 unspecified atom stereocenters. The molecule has 2 aromatic rings. The van der Waals surface area contributed by atoms with Crippen molar-refractivity contribution >= 4 is 29.0 Å². The summed E-state index contributed by atoms with van der Waals surface area (Å²) in [6.45, 7) is 5.48. The average Bonchev–Trinajstić information content (AvgIpc) is 3.04. The minimum Gasteiger partial charge on any atom is -0.478 e. The third-order valence-corrected chi connectivity index (χ3v) is 4.55. The van der Waals surface area contributed by atoms with Gasteiger partial charge in [-0.3, -0.25) is 9.59 Å². The highest BCUT2D eigenvalue weighted by Gasteiger charge is 2.16. The number of amides is 1. The first kappa shape index (κ1) is 17.9. The number of carbonyl (C=O) groups excluding carboxylic acids is 2. The van der Waals surface area contributed by atoms with E-state index in [4.69, 9.17) is 9.52 Å². The predicted octanol–water partition coefficient (Wildman–Crippen LogP) is 3.24. The Morgan fingerprint density at radius 2 is 1.83 bits per heavy atom. The summed E-state index contributed by atoms with van der Waals surface area (Å²) in [5.41, 5.74) is 0.760. The summed E-state index contributed by atoms with van der Waals surface area (Å²) in [7, 11) is 0. The van der Waals surface area contributed by atoms with Crippen LogP contribution in [0.4, 0.5) is 0 Å². The van der Waals surface area contributed by atoms with Crippen molar-refractivity contribution in [3.63, 3.8) is 0 Å². The molecule has 6 nitrogen and oxygen atoms in total. The lowest BCUT2D eigenvalue weighted by molar-refractivity contribution is -0.121. The van der Waals surface area contributed by atoms with Crippen molar-refractivity contribution in [2.24, 2.45) is 0 Å². The van der Waals surface area contributed by atoms with Gasteiger partial charge in [-0.1, -0.05) is 0 Å². The number of aromatic carboxylic acids is 1. The smallest absolute Gasteiger partial charge is 0.339 e. The highest BCUT2D eigenvalue weighted by atomic mass is 32.1. The number of hydrogen-bond donors (Lipinski definition) is 2. The molecule has 2 heterocycles. The number of furan rings is 1. The SMILES string of the molecule is Cc1cc(C(=O)CCC(=O)NCc2cc(C(=O)O)c(C)o2)c(C)s1. The summed E-state index contributed by atoms with van der Waals surface area (Å²) in [6, 6.07) is 3.24. The Kier molecular flexibility index (Phi) is 5.56. The van der Waals surface area contributed by atoms with Crippen molar-refractivity contribution in [2.75, 3.05) is 0 Å². The van der Waals surface area contributed by atoms with Gasteiger partial charge in [0.1, 0.15) is 17.1 Å². The number of aryl methyl sites for hydroxylation is 3. The van der Waals surface area contributed by atoms with Crippen molar-refractivity contribution in [2.45, 2.75) is 40.2 Å². The maximum absolute atomic E-state index is 12.1. The molecule has 0 aliphatic carbocycles. The van der Waals surface area contributed by atoms with Gasteiger partial charge in [-0.25, -0.2) is 4.79 Å². The summed E-state index contributed by atoms with van der Waals surface area (Å²) in [5, 5.41) is 11.6. The molecule has 128 valence electrons. The Balaban J connectivity index is 1.83. The van der Waals surface area contributed by atoms with Crippen molar-refractivity contribution < 1.29 is 23.9 Å². The fraction of sp³-hybridized carbons (Fsp3) is 0.353. The zero-order chi connectivity index (χ0) is 17.9. The zero-order valence-electron chi connectivity index (χ0n) is 13.8. The molecule has 0 aliphatic heterocycles. The first-order chi connectivity index (χ1) is 11.3. The molecule has 1 amide bonds. The van der Waals surface area contributed by atoms with Crippen LogP contribution in [0.1, 0.15) is 54.8 Å². The predicted molar refractivity (Wildman–Crippen MR) is 89.6 cm³/mol. The molecule has 0 aromatic carbocycles. The maximum atomic E-state index is 12.1. The molecule has 0 saturated heterocycles. The Hall–Kier alpha value is -2.41. The summed E-state index contributed by atoms with van der Waals surface area (Å²) < 4.78 is 5.28. The van der Waals surface area contributed by atoms with Crippen LogP contribution in [-0.4, -0.2) is 22.8 Å². The molecule has 7 heteroatoms. The van der Waals surface area contributed by atoms with Crippen LogP contribution < -0.4 is 5.32 Å². The van der Waals surface area contributed by atoms with Crippen LogP contribution in [0.25, 0.3) is 0 Å². The number of nitrogens with one attached hydrogen (secondary N) is 1. The summed E-state index contributed by atoms with van der Waals surface area (Å²) in [5.74, 6) is -0.729.